The molecule has 0 radical (unpaired) electrons. The van der Waals surface area contributed by atoms with Crippen LogP contribution < -0.4 is 5.32 Å². The van der Waals surface area contributed by atoms with Gasteiger partial charge in [-0.3, -0.25) is 9.69 Å². The van der Waals surface area contributed by atoms with E-state index in [0.717, 1.165) is 4.90 Å². The quantitative estimate of drug-likeness (QED) is 0.462. The standard InChI is InChI=1S/C5H8N2O2.H2/c1-3-4(8)7(2)5(9)6-3;/h3H,1-2H3,(H,6,9);1H. The van der Waals surface area contributed by atoms with Crippen LogP contribution in [0.2, 0.25) is 0 Å². The van der Waals surface area contributed by atoms with Crippen molar-refractivity contribution < 1.29 is 11.0 Å². The molecular formula is C5H10N2O2. The minimum absolute atomic E-state index is 0. The molecule has 0 aromatic carbocycles. The highest BCUT2D eigenvalue weighted by Crippen LogP contribution is 2.00. The van der Waals surface area contributed by atoms with Crippen molar-refractivity contribution in [1.29, 1.82) is 0 Å². The van der Waals surface area contributed by atoms with Crippen LogP contribution in [-0.2, 0) is 4.79 Å². The topological polar surface area (TPSA) is 49.4 Å². The van der Waals surface area contributed by atoms with Gasteiger partial charge in [0.1, 0.15) is 6.04 Å². The molecule has 1 N–H and O–H groups in total. The Balaban J connectivity index is 0.000000810. The normalized spacial score (nSPS) is 26.9. The Bertz CT molecular complexity index is 171. The average Bonchev–Trinajstić information content (AvgIpc) is 1.98. The maximum Gasteiger partial charge on any atom is 0.324 e. The SMILES string of the molecule is CC1NC(=O)N(C)C1=O.[HH]. The molecule has 9 heavy (non-hydrogen) atoms. The number of amides is 3. The largest absolute Gasteiger partial charge is 0.326 e. The Morgan fingerprint density at radius 3 is 2.33 bits per heavy atom. The molecular weight excluding hydrogens is 120 g/mol. The zero-order chi connectivity index (χ0) is 7.02. The Morgan fingerprint density at radius 2 is 2.22 bits per heavy atom. The van der Waals surface area contributed by atoms with Gasteiger partial charge in [0.2, 0.25) is 0 Å². The maximum absolute atomic E-state index is 10.8. The van der Waals surface area contributed by atoms with Crippen LogP contribution in [0.25, 0.3) is 0 Å². The molecule has 0 saturated carbocycles. The number of likely N-dealkylation sites (N-methyl/N-ethyl adjacent to an activating group) is 1. The molecule has 4 nitrogen and oxygen atoms in total. The molecule has 3 amide bonds. The highest BCUT2D eigenvalue weighted by Gasteiger charge is 2.31. The molecule has 1 rings (SSSR count). The molecule has 1 saturated heterocycles. The monoisotopic (exact) mass is 130 g/mol. The van der Waals surface area contributed by atoms with Crippen LogP contribution in [0.1, 0.15) is 8.35 Å². The third-order valence-corrected chi connectivity index (χ3v) is 1.35. The highest BCUT2D eigenvalue weighted by molar-refractivity contribution is 6.03. The molecule has 0 aromatic rings. The maximum atomic E-state index is 10.8. The number of rotatable bonds is 0. The Hall–Kier alpha value is -1.06. The molecule has 1 aliphatic heterocycles. The summed E-state index contributed by atoms with van der Waals surface area (Å²) in [4.78, 5) is 22.4. The minimum Gasteiger partial charge on any atom is -0.326 e. The van der Waals surface area contributed by atoms with Crippen molar-refractivity contribution in [3.63, 3.8) is 0 Å². The van der Waals surface area contributed by atoms with Gasteiger partial charge in [0.05, 0.1) is 0 Å². The summed E-state index contributed by atoms with van der Waals surface area (Å²) in [5.41, 5.74) is 0. The van der Waals surface area contributed by atoms with Crippen molar-refractivity contribution in [1.82, 2.24) is 10.2 Å². The number of hydrogen-bond acceptors (Lipinski definition) is 2. The van der Waals surface area contributed by atoms with E-state index in [0.29, 0.717) is 0 Å². The second-order valence-corrected chi connectivity index (χ2v) is 2.07. The molecule has 0 bridgehead atoms. The van der Waals surface area contributed by atoms with Crippen molar-refractivity contribution in [3.05, 3.63) is 0 Å². The van der Waals surface area contributed by atoms with Crippen molar-refractivity contribution in [2.24, 2.45) is 0 Å². The average molecular weight is 130 g/mol. The number of imide groups is 1. The third kappa shape index (κ3) is 0.759. The molecule has 1 heterocycles. The van der Waals surface area contributed by atoms with E-state index in [1.165, 1.54) is 7.05 Å². The molecule has 0 spiro atoms. The van der Waals surface area contributed by atoms with Crippen molar-refractivity contribution in [3.8, 4) is 0 Å². The van der Waals surface area contributed by atoms with Crippen molar-refractivity contribution >= 4 is 11.9 Å². The zero-order valence-electron chi connectivity index (χ0n) is 5.34. The van der Waals surface area contributed by atoms with E-state index in [4.69, 9.17) is 0 Å². The van der Waals surface area contributed by atoms with E-state index >= 15 is 0 Å². The highest BCUT2D eigenvalue weighted by atomic mass is 16.2. The summed E-state index contributed by atoms with van der Waals surface area (Å²) in [7, 11) is 1.46. The fraction of sp³-hybridized carbons (Fsp3) is 0.600. The number of urea groups is 1. The zero-order valence-corrected chi connectivity index (χ0v) is 5.34. The molecule has 0 aromatic heterocycles. The van der Waals surface area contributed by atoms with Gasteiger partial charge < -0.3 is 5.32 Å². The summed E-state index contributed by atoms with van der Waals surface area (Å²) >= 11 is 0. The van der Waals surface area contributed by atoms with Crippen LogP contribution >= 0.6 is 0 Å². The van der Waals surface area contributed by atoms with Gasteiger partial charge in [-0.2, -0.15) is 0 Å². The van der Waals surface area contributed by atoms with Gasteiger partial charge >= 0.3 is 6.03 Å². The fourth-order valence-corrected chi connectivity index (χ4v) is 0.734. The van der Waals surface area contributed by atoms with Crippen LogP contribution in [0.4, 0.5) is 4.79 Å². The van der Waals surface area contributed by atoms with Gasteiger partial charge in [0.25, 0.3) is 5.91 Å². The number of carbonyl (C=O) groups excluding carboxylic acids is 2. The fourth-order valence-electron chi connectivity index (χ4n) is 0.734. The Labute approximate surface area is 54.3 Å². The summed E-state index contributed by atoms with van der Waals surface area (Å²) in [6.45, 7) is 1.66. The number of nitrogens with zero attached hydrogens (tertiary/aromatic N) is 1. The summed E-state index contributed by atoms with van der Waals surface area (Å²) in [6.07, 6.45) is 0. The second kappa shape index (κ2) is 1.72. The van der Waals surface area contributed by atoms with E-state index in [1.807, 2.05) is 0 Å². The van der Waals surface area contributed by atoms with E-state index in [2.05, 4.69) is 5.32 Å². The van der Waals surface area contributed by atoms with Crippen LogP contribution in [0.5, 0.6) is 0 Å². The first-order chi connectivity index (χ1) is 4.13. The summed E-state index contributed by atoms with van der Waals surface area (Å²) in [5.74, 6) is -0.167. The number of hydrogen-bond donors (Lipinski definition) is 1. The summed E-state index contributed by atoms with van der Waals surface area (Å²) in [6, 6.07) is -0.657. The molecule has 1 aliphatic rings. The van der Waals surface area contributed by atoms with Gasteiger partial charge in [0, 0.05) is 8.47 Å². The lowest BCUT2D eigenvalue weighted by atomic mass is 10.3. The molecule has 4 heteroatoms. The van der Waals surface area contributed by atoms with Crippen molar-refractivity contribution in [2.75, 3.05) is 7.05 Å². The lowest BCUT2D eigenvalue weighted by Gasteiger charge is -2.00. The van der Waals surface area contributed by atoms with E-state index in [1.54, 1.807) is 6.92 Å². The number of carbonyl (C=O) groups is 2. The molecule has 1 unspecified atom stereocenters. The van der Waals surface area contributed by atoms with Crippen LogP contribution in [0.3, 0.4) is 0 Å². The third-order valence-electron chi connectivity index (χ3n) is 1.35. The predicted molar refractivity (Wildman–Crippen MR) is 32.9 cm³/mol. The van der Waals surface area contributed by atoms with Crippen LogP contribution in [0.15, 0.2) is 0 Å². The molecule has 1 fully saturated rings. The lowest BCUT2D eigenvalue weighted by Crippen LogP contribution is -2.25. The molecule has 0 aliphatic carbocycles. The van der Waals surface area contributed by atoms with E-state index < -0.39 is 0 Å². The summed E-state index contributed by atoms with van der Waals surface area (Å²) in [5, 5.41) is 2.45. The smallest absolute Gasteiger partial charge is 0.324 e. The van der Waals surface area contributed by atoms with Crippen LogP contribution in [0, 0.1) is 0 Å². The van der Waals surface area contributed by atoms with Gasteiger partial charge in [-0.15, -0.1) is 0 Å². The Morgan fingerprint density at radius 1 is 1.67 bits per heavy atom. The first-order valence-electron chi connectivity index (χ1n) is 2.71. The van der Waals surface area contributed by atoms with Gasteiger partial charge in [-0.25, -0.2) is 4.79 Å². The number of nitrogens with one attached hydrogen (secondary N) is 1. The Kier molecular flexibility index (Phi) is 1.16. The predicted octanol–water partition coefficient (Wildman–Crippen LogP) is -0.198. The first-order valence-corrected chi connectivity index (χ1v) is 2.71. The second-order valence-electron chi connectivity index (χ2n) is 2.07. The van der Waals surface area contributed by atoms with Gasteiger partial charge in [0.15, 0.2) is 0 Å². The van der Waals surface area contributed by atoms with E-state index in [-0.39, 0.29) is 19.4 Å². The lowest BCUT2D eigenvalue weighted by molar-refractivity contribution is -0.126. The van der Waals surface area contributed by atoms with Crippen molar-refractivity contribution in [2.45, 2.75) is 13.0 Å². The van der Waals surface area contributed by atoms with Gasteiger partial charge in [-0.05, 0) is 6.92 Å². The molecule has 52 valence electrons. The van der Waals surface area contributed by atoms with Crippen LogP contribution in [-0.4, -0.2) is 29.9 Å². The van der Waals surface area contributed by atoms with Gasteiger partial charge in [-0.1, -0.05) is 0 Å². The molecule has 1 atom stereocenters. The van der Waals surface area contributed by atoms with E-state index in [9.17, 15) is 9.59 Å². The first kappa shape index (κ1) is 6.07. The summed E-state index contributed by atoms with van der Waals surface area (Å²) < 4.78 is 0. The minimum atomic E-state index is -0.345.